The first-order valence-electron chi connectivity index (χ1n) is 4.95. The van der Waals surface area contributed by atoms with E-state index in [4.69, 9.17) is 0 Å². The lowest BCUT2D eigenvalue weighted by Crippen LogP contribution is -2.12. The Hall–Kier alpha value is -1.71. The van der Waals surface area contributed by atoms with E-state index in [2.05, 4.69) is 4.99 Å². The number of aryl methyl sites for hydroxylation is 1. The molecule has 0 saturated carbocycles. The van der Waals surface area contributed by atoms with Crippen molar-refractivity contribution in [2.45, 2.75) is 19.3 Å². The topological polar surface area (TPSA) is 55.5 Å². The van der Waals surface area contributed by atoms with Crippen LogP contribution in [0.1, 0.15) is 24.0 Å². The normalized spacial score (nSPS) is 17.5. The van der Waals surface area contributed by atoms with Crippen molar-refractivity contribution in [1.82, 2.24) is 0 Å². The fourth-order valence-electron chi connectivity index (χ4n) is 1.98. The van der Waals surface area contributed by atoms with Crippen LogP contribution < -0.4 is 0 Å². The van der Waals surface area contributed by atoms with Gasteiger partial charge in [-0.1, -0.05) is 6.07 Å². The summed E-state index contributed by atoms with van der Waals surface area (Å²) in [6.45, 7) is 0. The summed E-state index contributed by atoms with van der Waals surface area (Å²) in [5.41, 5.74) is 3.27. The minimum Gasteiger partial charge on any atom is -0.292 e. The van der Waals surface area contributed by atoms with Gasteiger partial charge in [0.1, 0.15) is 0 Å². The minimum absolute atomic E-state index is 0.150. The molecule has 0 radical (unpaired) electrons. The average molecular weight is 204 g/mol. The molecule has 0 spiro atoms. The van der Waals surface area contributed by atoms with E-state index in [0.717, 1.165) is 30.5 Å². The van der Waals surface area contributed by atoms with E-state index in [-0.39, 0.29) is 10.6 Å². The highest BCUT2D eigenvalue weighted by atomic mass is 16.6. The van der Waals surface area contributed by atoms with Crippen LogP contribution in [-0.2, 0) is 6.42 Å². The van der Waals surface area contributed by atoms with Gasteiger partial charge in [-0.15, -0.1) is 0 Å². The average Bonchev–Trinajstić information content (AvgIpc) is 2.27. The fourth-order valence-corrected chi connectivity index (χ4v) is 1.98. The molecule has 78 valence electrons. The molecule has 15 heavy (non-hydrogen) atoms. The molecule has 0 unspecified atom stereocenters. The molecular formula is C11H12N2O2. The third kappa shape index (κ3) is 1.75. The second kappa shape index (κ2) is 3.81. The van der Waals surface area contributed by atoms with Crippen LogP contribution in [0.2, 0.25) is 0 Å². The quantitative estimate of drug-likeness (QED) is 0.520. The maximum Gasteiger partial charge on any atom is 0.270 e. The highest BCUT2D eigenvalue weighted by molar-refractivity contribution is 6.03. The first-order chi connectivity index (χ1) is 7.22. The number of hydrogen-bond donors (Lipinski definition) is 0. The molecule has 2 rings (SSSR count). The number of nitro groups is 1. The van der Waals surface area contributed by atoms with Gasteiger partial charge in [0.25, 0.3) is 5.69 Å². The molecule has 1 aromatic carbocycles. The molecule has 4 nitrogen and oxygen atoms in total. The lowest BCUT2D eigenvalue weighted by atomic mass is 9.89. The molecule has 0 saturated heterocycles. The molecule has 0 aromatic heterocycles. The largest absolute Gasteiger partial charge is 0.292 e. The van der Waals surface area contributed by atoms with Crippen LogP contribution in [0, 0.1) is 10.1 Å². The Balaban J connectivity index is 2.53. The Morgan fingerprint density at radius 2 is 2.20 bits per heavy atom. The van der Waals surface area contributed by atoms with Crippen LogP contribution in [-0.4, -0.2) is 17.7 Å². The Kier molecular flexibility index (Phi) is 2.49. The van der Waals surface area contributed by atoms with Crippen molar-refractivity contribution in [3.63, 3.8) is 0 Å². The molecule has 0 amide bonds. The zero-order valence-electron chi connectivity index (χ0n) is 8.56. The molecule has 0 bridgehead atoms. The molecule has 4 heteroatoms. The number of nitrogens with zero attached hydrogens (tertiary/aromatic N) is 2. The minimum atomic E-state index is -0.359. The second-order valence-corrected chi connectivity index (χ2v) is 3.62. The molecule has 1 aliphatic carbocycles. The Bertz CT molecular complexity index is 438. The van der Waals surface area contributed by atoms with E-state index in [0.29, 0.717) is 0 Å². The van der Waals surface area contributed by atoms with Crippen molar-refractivity contribution < 1.29 is 4.92 Å². The fraction of sp³-hybridized carbons (Fsp3) is 0.364. The van der Waals surface area contributed by atoms with Crippen molar-refractivity contribution >= 4 is 11.4 Å². The van der Waals surface area contributed by atoms with Gasteiger partial charge in [0, 0.05) is 30.5 Å². The van der Waals surface area contributed by atoms with E-state index >= 15 is 0 Å². The smallest absolute Gasteiger partial charge is 0.270 e. The van der Waals surface area contributed by atoms with Gasteiger partial charge in [-0.05, 0) is 24.8 Å². The van der Waals surface area contributed by atoms with Crippen LogP contribution in [0.25, 0.3) is 0 Å². The highest BCUT2D eigenvalue weighted by Crippen LogP contribution is 2.25. The summed E-state index contributed by atoms with van der Waals surface area (Å²) in [7, 11) is 1.74. The third-order valence-corrected chi connectivity index (χ3v) is 2.74. The molecule has 1 aliphatic rings. The summed E-state index contributed by atoms with van der Waals surface area (Å²) >= 11 is 0. The van der Waals surface area contributed by atoms with Crippen LogP contribution in [0.15, 0.2) is 23.2 Å². The molecule has 0 atom stereocenters. The highest BCUT2D eigenvalue weighted by Gasteiger charge is 2.18. The van der Waals surface area contributed by atoms with E-state index in [9.17, 15) is 10.1 Å². The second-order valence-electron chi connectivity index (χ2n) is 3.62. The number of benzene rings is 1. The number of aliphatic imine (C=N–C) groups is 1. The first kappa shape index (κ1) is 9.83. The zero-order valence-corrected chi connectivity index (χ0v) is 8.56. The van der Waals surface area contributed by atoms with Crippen molar-refractivity contribution in [2.75, 3.05) is 7.05 Å². The predicted octanol–water partition coefficient (Wildman–Crippen LogP) is 2.35. The van der Waals surface area contributed by atoms with Crippen molar-refractivity contribution in [1.29, 1.82) is 0 Å². The predicted molar refractivity (Wildman–Crippen MR) is 58.5 cm³/mol. The van der Waals surface area contributed by atoms with Gasteiger partial charge in [0.2, 0.25) is 0 Å². The van der Waals surface area contributed by atoms with E-state index in [1.165, 1.54) is 5.56 Å². The summed E-state index contributed by atoms with van der Waals surface area (Å²) in [5, 5.41) is 10.6. The van der Waals surface area contributed by atoms with E-state index < -0.39 is 0 Å². The number of nitro benzene ring substituents is 1. The number of non-ortho nitro benzene ring substituents is 1. The molecule has 1 aromatic rings. The number of fused-ring (bicyclic) bond motifs is 1. The molecule has 0 N–H and O–H groups in total. The van der Waals surface area contributed by atoms with E-state index in [1.54, 1.807) is 19.2 Å². The molecule has 0 fully saturated rings. The number of rotatable bonds is 1. The zero-order chi connectivity index (χ0) is 10.8. The first-order valence-corrected chi connectivity index (χ1v) is 4.95. The lowest BCUT2D eigenvalue weighted by molar-refractivity contribution is -0.384. The molecular weight excluding hydrogens is 192 g/mol. The molecule has 0 heterocycles. The Morgan fingerprint density at radius 3 is 2.87 bits per heavy atom. The van der Waals surface area contributed by atoms with Crippen molar-refractivity contribution in [3.05, 3.63) is 39.4 Å². The molecule has 0 aliphatic heterocycles. The van der Waals surface area contributed by atoms with Crippen LogP contribution in [0.4, 0.5) is 5.69 Å². The SMILES string of the molecule is CN=C1CCCc2ccc([N+](=O)[O-])cc21. The van der Waals surface area contributed by atoms with Crippen molar-refractivity contribution in [2.24, 2.45) is 4.99 Å². The van der Waals surface area contributed by atoms with Crippen LogP contribution in [0.5, 0.6) is 0 Å². The third-order valence-electron chi connectivity index (χ3n) is 2.74. The van der Waals surface area contributed by atoms with Crippen LogP contribution >= 0.6 is 0 Å². The van der Waals surface area contributed by atoms with Gasteiger partial charge in [-0.3, -0.25) is 15.1 Å². The Labute approximate surface area is 87.8 Å². The standard InChI is InChI=1S/C11H12N2O2/c1-12-11-4-2-3-8-5-6-9(13(14)15)7-10(8)11/h5-7H,2-4H2,1H3. The van der Waals surface area contributed by atoms with Crippen LogP contribution in [0.3, 0.4) is 0 Å². The van der Waals surface area contributed by atoms with Gasteiger partial charge < -0.3 is 0 Å². The van der Waals surface area contributed by atoms with Gasteiger partial charge in [-0.2, -0.15) is 0 Å². The summed E-state index contributed by atoms with van der Waals surface area (Å²) in [6, 6.07) is 5.05. The lowest BCUT2D eigenvalue weighted by Gasteiger charge is -2.16. The summed E-state index contributed by atoms with van der Waals surface area (Å²) < 4.78 is 0. The van der Waals surface area contributed by atoms with E-state index in [1.807, 2.05) is 6.07 Å². The summed E-state index contributed by atoms with van der Waals surface area (Å²) in [4.78, 5) is 14.5. The summed E-state index contributed by atoms with van der Waals surface area (Å²) in [6.07, 6.45) is 2.99. The number of hydrogen-bond acceptors (Lipinski definition) is 3. The van der Waals surface area contributed by atoms with Crippen molar-refractivity contribution in [3.8, 4) is 0 Å². The van der Waals surface area contributed by atoms with Gasteiger partial charge in [0.15, 0.2) is 0 Å². The maximum atomic E-state index is 10.6. The van der Waals surface area contributed by atoms with Gasteiger partial charge >= 0.3 is 0 Å². The summed E-state index contributed by atoms with van der Waals surface area (Å²) in [5.74, 6) is 0. The van der Waals surface area contributed by atoms with Gasteiger partial charge in [-0.25, -0.2) is 0 Å². The Morgan fingerprint density at radius 1 is 1.40 bits per heavy atom. The van der Waals surface area contributed by atoms with Gasteiger partial charge in [0.05, 0.1) is 4.92 Å². The monoisotopic (exact) mass is 204 g/mol. The maximum absolute atomic E-state index is 10.6.